The maximum Gasteiger partial charge on any atom is 0.344 e. The third kappa shape index (κ3) is 5.92. The Morgan fingerprint density at radius 2 is 1.68 bits per heavy atom. The summed E-state index contributed by atoms with van der Waals surface area (Å²) >= 11 is 17.6. The lowest BCUT2D eigenvalue weighted by atomic mass is 10.2. The van der Waals surface area contributed by atoms with E-state index in [1.54, 1.807) is 4.90 Å². The van der Waals surface area contributed by atoms with Gasteiger partial charge < -0.3 is 19.1 Å². The molecule has 1 fully saturated rings. The van der Waals surface area contributed by atoms with Crippen LogP contribution in [0.2, 0.25) is 15.1 Å². The Morgan fingerprint density at radius 1 is 1.08 bits per heavy atom. The number of carbonyl (C=O) groups excluding carboxylic acids is 2. The maximum absolute atomic E-state index is 12.1. The zero-order valence-electron chi connectivity index (χ0n) is 13.8. The number of carbonyl (C=O) groups is 2. The van der Waals surface area contributed by atoms with E-state index in [2.05, 4.69) is 0 Å². The summed E-state index contributed by atoms with van der Waals surface area (Å²) in [6.07, 6.45) is -0.105. The van der Waals surface area contributed by atoms with Gasteiger partial charge in [-0.2, -0.15) is 0 Å². The lowest BCUT2D eigenvalue weighted by Crippen LogP contribution is -2.49. The Kier molecular flexibility index (Phi) is 7.19. The number of halogens is 3. The van der Waals surface area contributed by atoms with E-state index in [-0.39, 0.29) is 45.5 Å². The molecule has 1 heterocycles. The lowest BCUT2D eigenvalue weighted by Gasteiger charge is -2.35. The summed E-state index contributed by atoms with van der Waals surface area (Å²) in [6.45, 7) is 3.96. The average molecular weight is 411 g/mol. The smallest absolute Gasteiger partial charge is 0.344 e. The normalized spacial score (nSPS) is 20.3. The second-order valence-corrected chi connectivity index (χ2v) is 6.92. The molecule has 0 radical (unpaired) electrons. The predicted molar refractivity (Wildman–Crippen MR) is 94.5 cm³/mol. The number of rotatable bonds is 5. The number of amides is 1. The second-order valence-electron chi connectivity index (χ2n) is 5.70. The first-order chi connectivity index (χ1) is 11.8. The summed E-state index contributed by atoms with van der Waals surface area (Å²) in [5.41, 5.74) is 0. The molecule has 0 spiro atoms. The monoisotopic (exact) mass is 409 g/mol. The highest BCUT2D eigenvalue weighted by Crippen LogP contribution is 2.33. The number of esters is 1. The van der Waals surface area contributed by atoms with Crippen molar-refractivity contribution in [1.82, 2.24) is 4.90 Å². The molecule has 0 N–H and O–H groups in total. The molecule has 1 amide bonds. The fourth-order valence-electron chi connectivity index (χ4n) is 2.41. The summed E-state index contributed by atoms with van der Waals surface area (Å²) in [5, 5.41) is 0.746. The average Bonchev–Trinajstić information content (AvgIpc) is 2.53. The van der Waals surface area contributed by atoms with Gasteiger partial charge in [-0.25, -0.2) is 4.79 Å². The second kappa shape index (κ2) is 8.94. The van der Waals surface area contributed by atoms with Crippen molar-refractivity contribution in [3.05, 3.63) is 27.2 Å². The van der Waals surface area contributed by atoms with Crippen LogP contribution in [-0.4, -0.2) is 55.3 Å². The van der Waals surface area contributed by atoms with Crippen molar-refractivity contribution < 1.29 is 23.8 Å². The summed E-state index contributed by atoms with van der Waals surface area (Å²) in [4.78, 5) is 25.5. The highest BCUT2D eigenvalue weighted by atomic mass is 35.5. The maximum atomic E-state index is 12.1. The zero-order chi connectivity index (χ0) is 18.6. The third-order valence-electron chi connectivity index (χ3n) is 3.45. The van der Waals surface area contributed by atoms with E-state index in [1.807, 2.05) is 13.8 Å². The fraction of sp³-hybridized carbons (Fsp3) is 0.500. The molecular weight excluding hydrogens is 393 g/mol. The van der Waals surface area contributed by atoms with E-state index in [9.17, 15) is 9.59 Å². The number of hydrogen-bond acceptors (Lipinski definition) is 5. The summed E-state index contributed by atoms with van der Waals surface area (Å²) < 4.78 is 15.8. The molecule has 0 bridgehead atoms. The number of hydrogen-bond donors (Lipinski definition) is 0. The summed E-state index contributed by atoms with van der Waals surface area (Å²) in [5.74, 6) is -0.761. The van der Waals surface area contributed by atoms with Crippen LogP contribution in [0.25, 0.3) is 0 Å². The molecule has 6 nitrogen and oxygen atoms in total. The molecule has 1 aromatic rings. The van der Waals surface area contributed by atoms with Crippen LogP contribution in [-0.2, 0) is 19.1 Å². The number of benzene rings is 1. The van der Waals surface area contributed by atoms with Crippen molar-refractivity contribution in [2.45, 2.75) is 26.1 Å². The standard InChI is InChI=1S/C16H18Cl3NO5/c1-9-5-20(6-10(2)25-9)15(21)7-24-16(22)8-23-14-4-12(18)11(17)3-13(14)19/h3-4,9-10H,5-8H2,1-2H3/t9-,10-/m0/s1. The van der Waals surface area contributed by atoms with E-state index >= 15 is 0 Å². The van der Waals surface area contributed by atoms with Crippen LogP contribution in [0.1, 0.15) is 13.8 Å². The molecule has 1 aromatic carbocycles. The topological polar surface area (TPSA) is 65.1 Å². The largest absolute Gasteiger partial charge is 0.480 e. The Hall–Kier alpha value is -1.21. The van der Waals surface area contributed by atoms with Gasteiger partial charge in [0.1, 0.15) is 5.75 Å². The molecular formula is C16H18Cl3NO5. The molecule has 0 aliphatic carbocycles. The molecule has 9 heteroatoms. The predicted octanol–water partition coefficient (Wildman–Crippen LogP) is 3.20. The Labute approximate surface area is 160 Å². The van der Waals surface area contributed by atoms with Crippen molar-refractivity contribution in [3.8, 4) is 5.75 Å². The zero-order valence-corrected chi connectivity index (χ0v) is 16.0. The summed E-state index contributed by atoms with van der Waals surface area (Å²) in [7, 11) is 0. The van der Waals surface area contributed by atoms with Crippen molar-refractivity contribution in [2.75, 3.05) is 26.3 Å². The number of ether oxygens (including phenoxy) is 3. The van der Waals surface area contributed by atoms with Crippen LogP contribution in [0, 0.1) is 0 Å². The van der Waals surface area contributed by atoms with Gasteiger partial charge in [0.2, 0.25) is 0 Å². The first-order valence-corrected chi connectivity index (χ1v) is 8.76. The van der Waals surface area contributed by atoms with Crippen molar-refractivity contribution >= 4 is 46.7 Å². The van der Waals surface area contributed by atoms with Crippen LogP contribution < -0.4 is 4.74 Å². The minimum absolute atomic E-state index is 0.0523. The highest BCUT2D eigenvalue weighted by molar-refractivity contribution is 6.43. The van der Waals surface area contributed by atoms with Crippen LogP contribution in [0.3, 0.4) is 0 Å². The van der Waals surface area contributed by atoms with Crippen molar-refractivity contribution in [3.63, 3.8) is 0 Å². The minimum atomic E-state index is -0.690. The number of nitrogens with zero attached hydrogens (tertiary/aromatic N) is 1. The number of morpholine rings is 1. The highest BCUT2D eigenvalue weighted by Gasteiger charge is 2.26. The molecule has 2 rings (SSSR count). The molecule has 1 aliphatic rings. The Balaban J connectivity index is 1.79. The molecule has 25 heavy (non-hydrogen) atoms. The Morgan fingerprint density at radius 3 is 2.32 bits per heavy atom. The van der Waals surface area contributed by atoms with Crippen LogP contribution >= 0.6 is 34.8 Å². The molecule has 138 valence electrons. The van der Waals surface area contributed by atoms with E-state index in [0.717, 1.165) is 0 Å². The minimum Gasteiger partial charge on any atom is -0.480 e. The molecule has 0 unspecified atom stereocenters. The lowest BCUT2D eigenvalue weighted by molar-refractivity contribution is -0.158. The first kappa shape index (κ1) is 20.1. The van der Waals surface area contributed by atoms with Gasteiger partial charge in [-0.05, 0) is 19.9 Å². The van der Waals surface area contributed by atoms with Gasteiger partial charge in [-0.1, -0.05) is 34.8 Å². The molecule has 2 atom stereocenters. The van der Waals surface area contributed by atoms with Gasteiger partial charge in [0.15, 0.2) is 13.2 Å². The van der Waals surface area contributed by atoms with Crippen LogP contribution in [0.5, 0.6) is 5.75 Å². The van der Waals surface area contributed by atoms with Gasteiger partial charge in [-0.15, -0.1) is 0 Å². The summed E-state index contributed by atoms with van der Waals surface area (Å²) in [6, 6.07) is 2.82. The van der Waals surface area contributed by atoms with E-state index in [1.165, 1.54) is 12.1 Å². The van der Waals surface area contributed by atoms with E-state index < -0.39 is 12.6 Å². The van der Waals surface area contributed by atoms with Gasteiger partial charge in [0.05, 0.1) is 27.3 Å². The third-order valence-corrected chi connectivity index (χ3v) is 4.47. The molecule has 1 saturated heterocycles. The first-order valence-electron chi connectivity index (χ1n) is 7.62. The van der Waals surface area contributed by atoms with Gasteiger partial charge in [0, 0.05) is 19.2 Å². The SMILES string of the molecule is C[C@H]1CN(C(=O)COC(=O)COc2cc(Cl)c(Cl)cc2Cl)C[C@H](C)O1. The van der Waals surface area contributed by atoms with Gasteiger partial charge in [-0.3, -0.25) is 4.79 Å². The van der Waals surface area contributed by atoms with Crippen LogP contribution in [0.4, 0.5) is 0 Å². The van der Waals surface area contributed by atoms with Gasteiger partial charge >= 0.3 is 5.97 Å². The fourth-order valence-corrected chi connectivity index (χ4v) is 3.00. The Bertz CT molecular complexity index is 645. The van der Waals surface area contributed by atoms with Crippen LogP contribution in [0.15, 0.2) is 12.1 Å². The molecule has 0 aromatic heterocycles. The van der Waals surface area contributed by atoms with Gasteiger partial charge in [0.25, 0.3) is 5.91 Å². The molecule has 0 saturated carbocycles. The van der Waals surface area contributed by atoms with E-state index in [0.29, 0.717) is 13.1 Å². The molecule has 1 aliphatic heterocycles. The van der Waals surface area contributed by atoms with Crippen molar-refractivity contribution in [1.29, 1.82) is 0 Å². The van der Waals surface area contributed by atoms with E-state index in [4.69, 9.17) is 49.0 Å². The quantitative estimate of drug-likeness (QED) is 0.551. The van der Waals surface area contributed by atoms with Crippen molar-refractivity contribution in [2.24, 2.45) is 0 Å².